The van der Waals surface area contributed by atoms with Gasteiger partial charge in [0.1, 0.15) is 11.9 Å². The van der Waals surface area contributed by atoms with Gasteiger partial charge in [0.05, 0.1) is 6.61 Å². The quantitative estimate of drug-likeness (QED) is 0.235. The number of carbonyl (C=O) groups is 1. The van der Waals surface area contributed by atoms with Crippen LogP contribution in [0.2, 0.25) is 0 Å². The Morgan fingerprint density at radius 3 is 2.35 bits per heavy atom. The van der Waals surface area contributed by atoms with Crippen LogP contribution in [0.5, 0.6) is 5.75 Å². The second-order valence-corrected chi connectivity index (χ2v) is 8.60. The van der Waals surface area contributed by atoms with Crippen molar-refractivity contribution in [1.82, 2.24) is 5.48 Å². The first-order valence-electron chi connectivity index (χ1n) is 12.1. The Bertz CT molecular complexity index is 999. The van der Waals surface area contributed by atoms with Gasteiger partial charge in [0.2, 0.25) is 0 Å². The highest BCUT2D eigenvalue weighted by Gasteiger charge is 2.22. The maximum absolute atomic E-state index is 11.6. The summed E-state index contributed by atoms with van der Waals surface area (Å²) in [5.74, 6) is 1.05. The monoisotopic (exact) mass is 459 g/mol. The number of esters is 1. The summed E-state index contributed by atoms with van der Waals surface area (Å²) < 4.78 is 10.7. The van der Waals surface area contributed by atoms with E-state index in [4.69, 9.17) is 14.3 Å². The summed E-state index contributed by atoms with van der Waals surface area (Å²) in [6, 6.07) is 26.7. The molecule has 0 fully saturated rings. The van der Waals surface area contributed by atoms with Crippen molar-refractivity contribution in [3.8, 4) is 5.75 Å². The average Bonchev–Trinajstić information content (AvgIpc) is 2.88. The Morgan fingerprint density at radius 2 is 1.68 bits per heavy atom. The molecule has 3 aromatic carbocycles. The van der Waals surface area contributed by atoms with Gasteiger partial charge in [-0.3, -0.25) is 4.84 Å². The molecule has 34 heavy (non-hydrogen) atoms. The fraction of sp³-hybridized carbons (Fsp3) is 0.345. The minimum atomic E-state index is -0.329. The minimum Gasteiger partial charge on any atom is -0.482 e. The second-order valence-electron chi connectivity index (χ2n) is 8.60. The van der Waals surface area contributed by atoms with Gasteiger partial charge in [-0.2, -0.15) is 0 Å². The molecule has 1 aliphatic carbocycles. The van der Waals surface area contributed by atoms with E-state index in [1.54, 1.807) is 6.92 Å². The highest BCUT2D eigenvalue weighted by atomic mass is 16.7. The number of hydrogen-bond acceptors (Lipinski definition) is 5. The van der Waals surface area contributed by atoms with Crippen molar-refractivity contribution < 1.29 is 19.1 Å². The molecular formula is C29H33NO4. The fourth-order valence-electron chi connectivity index (χ4n) is 4.56. The van der Waals surface area contributed by atoms with Crippen LogP contribution in [-0.4, -0.2) is 25.7 Å². The molecule has 1 unspecified atom stereocenters. The first kappa shape index (κ1) is 24.0. The highest BCUT2D eigenvalue weighted by molar-refractivity contribution is 5.71. The van der Waals surface area contributed by atoms with Crippen LogP contribution in [-0.2, 0) is 27.2 Å². The lowest BCUT2D eigenvalue weighted by molar-refractivity contribution is -0.145. The maximum Gasteiger partial charge on any atom is 0.344 e. The fourth-order valence-corrected chi connectivity index (χ4v) is 4.56. The maximum atomic E-state index is 11.6. The summed E-state index contributed by atoms with van der Waals surface area (Å²) in [5.41, 5.74) is 8.02. The van der Waals surface area contributed by atoms with Gasteiger partial charge in [0, 0.05) is 6.54 Å². The molecule has 0 bridgehead atoms. The van der Waals surface area contributed by atoms with E-state index in [0.29, 0.717) is 12.5 Å². The van der Waals surface area contributed by atoms with Crippen molar-refractivity contribution in [2.75, 3.05) is 19.8 Å². The second kappa shape index (κ2) is 12.4. The lowest BCUT2D eigenvalue weighted by atomic mass is 9.82. The van der Waals surface area contributed by atoms with E-state index in [1.807, 2.05) is 48.5 Å². The van der Waals surface area contributed by atoms with Crippen LogP contribution < -0.4 is 10.2 Å². The van der Waals surface area contributed by atoms with Crippen molar-refractivity contribution in [2.45, 2.75) is 38.7 Å². The van der Waals surface area contributed by atoms with Gasteiger partial charge in [-0.05, 0) is 66.8 Å². The number of hydrogen-bond donors (Lipinski definition) is 1. The highest BCUT2D eigenvalue weighted by Crippen LogP contribution is 2.33. The summed E-state index contributed by atoms with van der Waals surface area (Å²) >= 11 is 0. The van der Waals surface area contributed by atoms with Crippen molar-refractivity contribution in [1.29, 1.82) is 0 Å². The first-order chi connectivity index (χ1) is 16.7. The van der Waals surface area contributed by atoms with E-state index in [1.165, 1.54) is 11.1 Å². The molecule has 0 radical (unpaired) electrons. The number of benzene rings is 3. The largest absolute Gasteiger partial charge is 0.482 e. The van der Waals surface area contributed by atoms with Gasteiger partial charge in [0.25, 0.3) is 0 Å². The van der Waals surface area contributed by atoms with Crippen molar-refractivity contribution in [2.24, 2.45) is 5.92 Å². The SMILES string of the molecule is CCOC(=O)COc1cccc2c1CCC(CCNOC(c1ccccc1)c1ccccc1)C2. The van der Waals surface area contributed by atoms with E-state index in [0.717, 1.165) is 49.1 Å². The Morgan fingerprint density at radius 1 is 0.971 bits per heavy atom. The number of hydroxylamine groups is 1. The molecule has 0 amide bonds. The van der Waals surface area contributed by atoms with E-state index in [9.17, 15) is 4.79 Å². The molecule has 0 saturated carbocycles. The molecule has 5 nitrogen and oxygen atoms in total. The van der Waals surface area contributed by atoms with Crippen LogP contribution in [0, 0.1) is 5.92 Å². The van der Waals surface area contributed by atoms with Crippen LogP contribution in [0.15, 0.2) is 78.9 Å². The molecule has 4 rings (SSSR count). The first-order valence-corrected chi connectivity index (χ1v) is 12.1. The normalized spacial score (nSPS) is 15.1. The topological polar surface area (TPSA) is 56.8 Å². The van der Waals surface area contributed by atoms with E-state index < -0.39 is 0 Å². The van der Waals surface area contributed by atoms with E-state index in [2.05, 4.69) is 35.8 Å². The average molecular weight is 460 g/mol. The molecule has 178 valence electrons. The van der Waals surface area contributed by atoms with Gasteiger partial charge in [-0.1, -0.05) is 72.8 Å². The molecule has 1 aliphatic rings. The van der Waals surface area contributed by atoms with Gasteiger partial charge in [-0.25, -0.2) is 10.3 Å². The van der Waals surface area contributed by atoms with E-state index in [-0.39, 0.29) is 18.7 Å². The standard InChI is InChI=1S/C29H33NO4/c1-2-32-28(31)21-33-27-15-9-14-25-20-22(16-17-26(25)27)18-19-30-34-29(23-10-5-3-6-11-23)24-12-7-4-8-13-24/h3-15,22,29-30H,2,16-21H2,1H3. The minimum absolute atomic E-state index is 0.0427. The van der Waals surface area contributed by atoms with Crippen molar-refractivity contribution >= 4 is 5.97 Å². The summed E-state index contributed by atoms with van der Waals surface area (Å²) in [4.78, 5) is 17.8. The smallest absolute Gasteiger partial charge is 0.344 e. The number of carbonyl (C=O) groups excluding carboxylic acids is 1. The zero-order valence-electron chi connectivity index (χ0n) is 19.7. The van der Waals surface area contributed by atoms with Crippen LogP contribution in [0.1, 0.15) is 48.1 Å². The molecule has 1 N–H and O–H groups in total. The Labute approximate surface area is 202 Å². The number of rotatable bonds is 11. The van der Waals surface area contributed by atoms with Gasteiger partial charge in [-0.15, -0.1) is 0 Å². The van der Waals surface area contributed by atoms with Gasteiger partial charge in [0.15, 0.2) is 6.61 Å². The van der Waals surface area contributed by atoms with Gasteiger partial charge < -0.3 is 9.47 Å². The lowest BCUT2D eigenvalue weighted by Gasteiger charge is -2.26. The molecule has 0 heterocycles. The molecule has 5 heteroatoms. The zero-order valence-corrected chi connectivity index (χ0v) is 19.7. The molecular weight excluding hydrogens is 426 g/mol. The van der Waals surface area contributed by atoms with Gasteiger partial charge >= 0.3 is 5.97 Å². The predicted molar refractivity (Wildman–Crippen MR) is 133 cm³/mol. The van der Waals surface area contributed by atoms with E-state index >= 15 is 0 Å². The summed E-state index contributed by atoms with van der Waals surface area (Å²) in [6.45, 7) is 2.91. The number of fused-ring (bicyclic) bond motifs is 1. The third-order valence-corrected chi connectivity index (χ3v) is 6.25. The zero-order chi connectivity index (χ0) is 23.6. The van der Waals surface area contributed by atoms with Crippen LogP contribution in [0.4, 0.5) is 0 Å². The Hall–Kier alpha value is -3.15. The Kier molecular flexibility index (Phi) is 8.71. The summed E-state index contributed by atoms with van der Waals surface area (Å²) in [7, 11) is 0. The molecule has 0 spiro atoms. The number of ether oxygens (including phenoxy) is 2. The van der Waals surface area contributed by atoms with Crippen LogP contribution in [0.3, 0.4) is 0 Å². The third-order valence-electron chi connectivity index (χ3n) is 6.25. The summed E-state index contributed by atoms with van der Waals surface area (Å²) in [5, 5.41) is 0. The number of nitrogens with one attached hydrogen (secondary N) is 1. The molecule has 3 aromatic rings. The van der Waals surface area contributed by atoms with Crippen LogP contribution in [0.25, 0.3) is 0 Å². The predicted octanol–water partition coefficient (Wildman–Crippen LogP) is 5.43. The molecule has 0 aromatic heterocycles. The molecule has 1 atom stereocenters. The van der Waals surface area contributed by atoms with Crippen molar-refractivity contribution in [3.05, 3.63) is 101 Å². The third kappa shape index (κ3) is 6.46. The Balaban J connectivity index is 1.29. The molecule has 0 saturated heterocycles. The molecule has 0 aliphatic heterocycles. The van der Waals surface area contributed by atoms with Crippen LogP contribution >= 0.6 is 0 Å². The lowest BCUT2D eigenvalue weighted by Crippen LogP contribution is -2.24. The van der Waals surface area contributed by atoms with Crippen molar-refractivity contribution in [3.63, 3.8) is 0 Å². The summed E-state index contributed by atoms with van der Waals surface area (Å²) in [6.07, 6.45) is 3.94.